The second-order valence-electron chi connectivity index (χ2n) is 5.62. The number of benzene rings is 1. The van der Waals surface area contributed by atoms with Crippen LogP contribution in [0.3, 0.4) is 0 Å². The van der Waals surface area contributed by atoms with Gasteiger partial charge in [-0.3, -0.25) is 14.9 Å². The molecule has 5 nitrogen and oxygen atoms in total. The van der Waals surface area contributed by atoms with E-state index in [0.717, 1.165) is 12.8 Å². The van der Waals surface area contributed by atoms with Gasteiger partial charge < -0.3 is 5.32 Å². The summed E-state index contributed by atoms with van der Waals surface area (Å²) >= 11 is 0. The summed E-state index contributed by atoms with van der Waals surface area (Å²) in [6.07, 6.45) is 3.21. The van der Waals surface area contributed by atoms with Gasteiger partial charge in [-0.25, -0.2) is 0 Å². The molecule has 108 valence electrons. The zero-order valence-electron chi connectivity index (χ0n) is 11.8. The van der Waals surface area contributed by atoms with Crippen LogP contribution in [0.25, 0.3) is 0 Å². The van der Waals surface area contributed by atoms with E-state index in [1.807, 2.05) is 0 Å². The smallest absolute Gasteiger partial charge is 0.282 e. The van der Waals surface area contributed by atoms with Crippen molar-refractivity contribution in [3.05, 3.63) is 39.9 Å². The minimum Gasteiger partial charge on any atom is -0.349 e. The van der Waals surface area contributed by atoms with E-state index in [9.17, 15) is 14.9 Å². The molecular formula is C15H20N2O3. The number of nitrogens with zero attached hydrogens (tertiary/aromatic N) is 1. The molecule has 1 aromatic carbocycles. The highest BCUT2D eigenvalue weighted by atomic mass is 16.6. The Kier molecular flexibility index (Phi) is 4.37. The molecule has 1 aromatic rings. The van der Waals surface area contributed by atoms with E-state index in [1.165, 1.54) is 18.6 Å². The summed E-state index contributed by atoms with van der Waals surface area (Å²) in [7, 11) is 0. The van der Waals surface area contributed by atoms with Gasteiger partial charge in [0.15, 0.2) is 0 Å². The van der Waals surface area contributed by atoms with Crippen LogP contribution in [-0.4, -0.2) is 16.9 Å². The number of amides is 1. The van der Waals surface area contributed by atoms with Crippen LogP contribution >= 0.6 is 0 Å². The van der Waals surface area contributed by atoms with Crippen molar-refractivity contribution in [2.75, 3.05) is 0 Å². The van der Waals surface area contributed by atoms with Crippen LogP contribution in [0.4, 0.5) is 5.69 Å². The van der Waals surface area contributed by atoms with Crippen molar-refractivity contribution < 1.29 is 9.72 Å². The molecule has 1 N–H and O–H groups in total. The van der Waals surface area contributed by atoms with Crippen LogP contribution in [0.15, 0.2) is 24.3 Å². The Morgan fingerprint density at radius 1 is 1.30 bits per heavy atom. The molecule has 0 aromatic heterocycles. The maximum absolute atomic E-state index is 12.3. The van der Waals surface area contributed by atoms with Crippen molar-refractivity contribution in [1.82, 2.24) is 5.32 Å². The maximum Gasteiger partial charge on any atom is 0.282 e. The number of hydrogen-bond donors (Lipinski definition) is 1. The quantitative estimate of drug-likeness (QED) is 0.681. The average molecular weight is 276 g/mol. The van der Waals surface area contributed by atoms with E-state index in [2.05, 4.69) is 19.2 Å². The summed E-state index contributed by atoms with van der Waals surface area (Å²) in [5.41, 5.74) is 0.00411. The molecule has 1 aliphatic rings. The number of para-hydroxylation sites is 1. The number of nitro groups is 1. The number of nitro benzene ring substituents is 1. The maximum atomic E-state index is 12.3. The molecular weight excluding hydrogens is 256 g/mol. The third-order valence-electron chi connectivity index (χ3n) is 4.37. The topological polar surface area (TPSA) is 72.2 Å². The van der Waals surface area contributed by atoms with Crippen LogP contribution in [0, 0.1) is 22.0 Å². The third kappa shape index (κ3) is 2.98. The van der Waals surface area contributed by atoms with Crippen LogP contribution in [0.5, 0.6) is 0 Å². The van der Waals surface area contributed by atoms with Gasteiger partial charge in [0.25, 0.3) is 11.6 Å². The number of carbonyl (C=O) groups is 1. The Hall–Kier alpha value is -1.91. The fourth-order valence-corrected chi connectivity index (χ4v) is 2.86. The molecule has 0 spiro atoms. The van der Waals surface area contributed by atoms with E-state index in [4.69, 9.17) is 0 Å². The molecule has 0 aliphatic heterocycles. The van der Waals surface area contributed by atoms with Gasteiger partial charge in [-0.2, -0.15) is 0 Å². The molecule has 0 radical (unpaired) electrons. The Balaban J connectivity index is 2.14. The van der Waals surface area contributed by atoms with Crippen LogP contribution in [0.1, 0.15) is 43.5 Å². The Morgan fingerprint density at radius 2 is 2.00 bits per heavy atom. The standard InChI is InChI=1S/C15H20N2O3/c1-10-6-5-8-13(11(10)2)16-15(18)12-7-3-4-9-14(12)17(19)20/h3-4,7,9-11,13H,5-6,8H2,1-2H3,(H,16,18). The summed E-state index contributed by atoms with van der Waals surface area (Å²) in [6, 6.07) is 6.19. The Morgan fingerprint density at radius 3 is 2.70 bits per heavy atom. The van der Waals surface area contributed by atoms with Gasteiger partial charge in [-0.05, 0) is 24.3 Å². The lowest BCUT2D eigenvalue weighted by Gasteiger charge is -2.34. The molecule has 3 unspecified atom stereocenters. The van der Waals surface area contributed by atoms with E-state index < -0.39 is 4.92 Å². The molecule has 2 rings (SSSR count). The van der Waals surface area contributed by atoms with Gasteiger partial charge in [-0.1, -0.05) is 38.8 Å². The minimum absolute atomic E-state index is 0.103. The Bertz CT molecular complexity index is 516. The molecule has 1 aliphatic carbocycles. The third-order valence-corrected chi connectivity index (χ3v) is 4.37. The van der Waals surface area contributed by atoms with E-state index in [-0.39, 0.29) is 23.2 Å². The van der Waals surface area contributed by atoms with Crippen LogP contribution in [-0.2, 0) is 0 Å². The van der Waals surface area contributed by atoms with Gasteiger partial charge in [-0.15, -0.1) is 0 Å². The van der Waals surface area contributed by atoms with Crippen molar-refractivity contribution in [3.63, 3.8) is 0 Å². The zero-order chi connectivity index (χ0) is 14.7. The molecule has 3 atom stereocenters. The first-order valence-electron chi connectivity index (χ1n) is 7.05. The lowest BCUT2D eigenvalue weighted by Crippen LogP contribution is -2.43. The molecule has 1 fully saturated rings. The van der Waals surface area contributed by atoms with E-state index in [0.29, 0.717) is 11.8 Å². The minimum atomic E-state index is -0.512. The van der Waals surface area contributed by atoms with Crippen LogP contribution in [0.2, 0.25) is 0 Å². The van der Waals surface area contributed by atoms with Gasteiger partial charge in [0.1, 0.15) is 5.56 Å². The van der Waals surface area contributed by atoms with Crippen molar-refractivity contribution in [3.8, 4) is 0 Å². The predicted octanol–water partition coefficient (Wildman–Crippen LogP) is 3.15. The highest BCUT2D eigenvalue weighted by Crippen LogP contribution is 2.30. The van der Waals surface area contributed by atoms with Gasteiger partial charge in [0.05, 0.1) is 4.92 Å². The summed E-state index contributed by atoms with van der Waals surface area (Å²) in [4.78, 5) is 22.7. The van der Waals surface area contributed by atoms with Gasteiger partial charge in [0.2, 0.25) is 0 Å². The SMILES string of the molecule is CC1CCCC(NC(=O)c2ccccc2[N+](=O)[O-])C1C. The fourth-order valence-electron chi connectivity index (χ4n) is 2.86. The average Bonchev–Trinajstić information content (AvgIpc) is 2.43. The predicted molar refractivity (Wildman–Crippen MR) is 76.5 cm³/mol. The van der Waals surface area contributed by atoms with Crippen LogP contribution < -0.4 is 5.32 Å². The molecule has 0 saturated heterocycles. The van der Waals surface area contributed by atoms with Crippen molar-refractivity contribution >= 4 is 11.6 Å². The first-order valence-corrected chi connectivity index (χ1v) is 7.05. The van der Waals surface area contributed by atoms with Gasteiger partial charge in [0, 0.05) is 12.1 Å². The summed E-state index contributed by atoms with van der Waals surface area (Å²) < 4.78 is 0. The number of carbonyl (C=O) groups excluding carboxylic acids is 1. The molecule has 0 heterocycles. The monoisotopic (exact) mass is 276 g/mol. The zero-order valence-corrected chi connectivity index (χ0v) is 11.8. The Labute approximate surface area is 118 Å². The van der Waals surface area contributed by atoms with Crippen molar-refractivity contribution in [2.24, 2.45) is 11.8 Å². The summed E-state index contributed by atoms with van der Waals surface area (Å²) in [6.45, 7) is 4.32. The second kappa shape index (κ2) is 6.03. The molecule has 5 heteroatoms. The molecule has 1 amide bonds. The first-order chi connectivity index (χ1) is 9.50. The first kappa shape index (κ1) is 14.5. The fraction of sp³-hybridized carbons (Fsp3) is 0.533. The summed E-state index contributed by atoms with van der Waals surface area (Å²) in [5, 5.41) is 13.9. The number of hydrogen-bond acceptors (Lipinski definition) is 3. The number of rotatable bonds is 3. The highest BCUT2D eigenvalue weighted by molar-refractivity contribution is 5.98. The molecule has 20 heavy (non-hydrogen) atoms. The van der Waals surface area contributed by atoms with Crippen molar-refractivity contribution in [2.45, 2.75) is 39.2 Å². The largest absolute Gasteiger partial charge is 0.349 e. The lowest BCUT2D eigenvalue weighted by molar-refractivity contribution is -0.385. The van der Waals surface area contributed by atoms with E-state index in [1.54, 1.807) is 12.1 Å². The number of nitrogens with one attached hydrogen (secondary N) is 1. The highest BCUT2D eigenvalue weighted by Gasteiger charge is 2.29. The summed E-state index contributed by atoms with van der Waals surface area (Å²) in [5.74, 6) is 0.624. The van der Waals surface area contributed by atoms with Gasteiger partial charge >= 0.3 is 0 Å². The molecule has 1 saturated carbocycles. The molecule has 0 bridgehead atoms. The van der Waals surface area contributed by atoms with Crippen molar-refractivity contribution in [1.29, 1.82) is 0 Å². The second-order valence-corrected chi connectivity index (χ2v) is 5.62. The normalized spacial score (nSPS) is 26.0. The lowest BCUT2D eigenvalue weighted by atomic mass is 9.78. The van der Waals surface area contributed by atoms with E-state index >= 15 is 0 Å².